The second-order valence-corrected chi connectivity index (χ2v) is 7.77. The van der Waals surface area contributed by atoms with Crippen LogP contribution in [0.25, 0.3) is 0 Å². The van der Waals surface area contributed by atoms with Crippen molar-refractivity contribution in [2.24, 2.45) is 0 Å². The molecule has 1 amide bonds. The second kappa shape index (κ2) is 7.42. The molecule has 1 fully saturated rings. The fourth-order valence-electron chi connectivity index (χ4n) is 3.02. The molecule has 0 N–H and O–H groups in total. The number of halogens is 2. The highest BCUT2D eigenvalue weighted by Gasteiger charge is 2.25. The summed E-state index contributed by atoms with van der Waals surface area (Å²) in [6.45, 7) is 12.3. The van der Waals surface area contributed by atoms with E-state index in [2.05, 4.69) is 25.7 Å². The predicted molar refractivity (Wildman–Crippen MR) is 97.3 cm³/mol. The molecule has 0 saturated carbocycles. The highest BCUT2D eigenvalue weighted by Crippen LogP contribution is 2.38. The Morgan fingerprint density at radius 2 is 1.65 bits per heavy atom. The van der Waals surface area contributed by atoms with Gasteiger partial charge in [-0.1, -0.05) is 44.0 Å². The van der Waals surface area contributed by atoms with E-state index in [0.29, 0.717) is 0 Å². The molecule has 0 spiro atoms. The number of rotatable bonds is 4. The molecule has 0 unspecified atom stereocenters. The minimum Gasteiger partial charge on any atom is -0.340 e. The first-order valence-corrected chi connectivity index (χ1v) is 8.96. The quantitative estimate of drug-likeness (QED) is 0.800. The van der Waals surface area contributed by atoms with Crippen LogP contribution in [-0.2, 0) is 16.8 Å². The Bertz CT molecular complexity index is 555. The summed E-state index contributed by atoms with van der Waals surface area (Å²) in [6, 6.07) is 4.08. The average molecular weight is 357 g/mol. The Morgan fingerprint density at radius 1 is 1.13 bits per heavy atom. The smallest absolute Gasteiger partial charge is 0.219 e. The van der Waals surface area contributed by atoms with Gasteiger partial charge in [0.15, 0.2) is 0 Å². The van der Waals surface area contributed by atoms with Crippen LogP contribution in [0.1, 0.15) is 45.2 Å². The largest absolute Gasteiger partial charge is 0.340 e. The molecule has 5 heteroatoms. The molecule has 1 heterocycles. The van der Waals surface area contributed by atoms with Gasteiger partial charge in [0.2, 0.25) is 5.91 Å². The van der Waals surface area contributed by atoms with Crippen molar-refractivity contribution in [3.8, 4) is 0 Å². The van der Waals surface area contributed by atoms with E-state index < -0.39 is 0 Å². The normalized spacial score (nSPS) is 16.7. The number of carbonyl (C=O) groups is 1. The van der Waals surface area contributed by atoms with Crippen molar-refractivity contribution in [3.05, 3.63) is 33.3 Å². The summed E-state index contributed by atoms with van der Waals surface area (Å²) in [5.41, 5.74) is 2.14. The third-order valence-corrected chi connectivity index (χ3v) is 5.48. The lowest BCUT2D eigenvalue weighted by atomic mass is 9.82. The fraction of sp³-hybridized carbons (Fsp3) is 0.611. The average Bonchev–Trinajstić information content (AvgIpc) is 2.46. The van der Waals surface area contributed by atoms with Crippen LogP contribution in [0.4, 0.5) is 0 Å². The highest BCUT2D eigenvalue weighted by molar-refractivity contribution is 6.36. The third kappa shape index (κ3) is 4.40. The van der Waals surface area contributed by atoms with Gasteiger partial charge in [0.05, 0.1) is 0 Å². The number of amides is 1. The van der Waals surface area contributed by atoms with Gasteiger partial charge in [-0.2, -0.15) is 0 Å². The number of hydrogen-bond acceptors (Lipinski definition) is 2. The van der Waals surface area contributed by atoms with E-state index in [1.54, 1.807) is 6.92 Å². The lowest BCUT2D eigenvalue weighted by molar-refractivity contribution is -0.130. The maximum atomic E-state index is 11.4. The van der Waals surface area contributed by atoms with Crippen LogP contribution >= 0.6 is 23.2 Å². The third-order valence-electron chi connectivity index (χ3n) is 4.89. The number of carbonyl (C=O) groups excluding carboxylic acids is 1. The number of piperazine rings is 1. The Balaban J connectivity index is 2.10. The fourth-order valence-corrected chi connectivity index (χ4v) is 4.06. The summed E-state index contributed by atoms with van der Waals surface area (Å²) >= 11 is 13.0. The summed E-state index contributed by atoms with van der Waals surface area (Å²) in [4.78, 5) is 15.6. The maximum Gasteiger partial charge on any atom is 0.219 e. The van der Waals surface area contributed by atoms with E-state index in [9.17, 15) is 4.79 Å². The molecule has 1 aromatic carbocycles. The van der Waals surface area contributed by atoms with Crippen LogP contribution in [-0.4, -0.2) is 41.9 Å². The van der Waals surface area contributed by atoms with Gasteiger partial charge in [0.1, 0.15) is 0 Å². The number of nitrogens with zero attached hydrogens (tertiary/aromatic N) is 2. The molecule has 128 valence electrons. The Hall–Kier alpha value is -0.770. The molecular weight excluding hydrogens is 331 g/mol. The SMILES string of the molecule is CCC(C)(C)c1c(Cl)cc(CN2CCN(C(C)=O)CC2)cc1Cl. The monoisotopic (exact) mass is 356 g/mol. The van der Waals surface area contributed by atoms with Gasteiger partial charge in [-0.25, -0.2) is 0 Å². The van der Waals surface area contributed by atoms with E-state index in [4.69, 9.17) is 23.2 Å². The van der Waals surface area contributed by atoms with Crippen LogP contribution in [0, 0.1) is 0 Å². The molecule has 0 bridgehead atoms. The lowest BCUT2D eigenvalue weighted by Crippen LogP contribution is -2.47. The summed E-state index contributed by atoms with van der Waals surface area (Å²) in [6.07, 6.45) is 0.985. The van der Waals surface area contributed by atoms with E-state index in [1.165, 1.54) is 0 Å². The van der Waals surface area contributed by atoms with Crippen LogP contribution in [0.5, 0.6) is 0 Å². The van der Waals surface area contributed by atoms with Gasteiger partial charge < -0.3 is 4.90 Å². The summed E-state index contributed by atoms with van der Waals surface area (Å²) in [5, 5.41) is 1.50. The highest BCUT2D eigenvalue weighted by atomic mass is 35.5. The van der Waals surface area contributed by atoms with Crippen molar-refractivity contribution in [1.82, 2.24) is 9.80 Å². The molecule has 1 aliphatic rings. The standard InChI is InChI=1S/C18H26Cl2N2O/c1-5-18(3,4)17-15(19)10-14(11-16(17)20)12-21-6-8-22(9-7-21)13(2)23/h10-11H,5-9,12H2,1-4H3. The molecule has 3 nitrogen and oxygen atoms in total. The molecule has 0 aromatic heterocycles. The molecule has 1 saturated heterocycles. The summed E-state index contributed by atoms with van der Waals surface area (Å²) < 4.78 is 0. The molecule has 2 rings (SSSR count). The molecule has 0 atom stereocenters. The Morgan fingerprint density at radius 3 is 2.09 bits per heavy atom. The topological polar surface area (TPSA) is 23.6 Å². The zero-order chi connectivity index (χ0) is 17.2. The minimum atomic E-state index is -0.0280. The van der Waals surface area contributed by atoms with E-state index in [-0.39, 0.29) is 11.3 Å². The maximum absolute atomic E-state index is 11.4. The van der Waals surface area contributed by atoms with Crippen molar-refractivity contribution in [2.75, 3.05) is 26.2 Å². The van der Waals surface area contributed by atoms with Gasteiger partial charge in [-0.3, -0.25) is 9.69 Å². The Kier molecular flexibility index (Phi) is 5.99. The van der Waals surface area contributed by atoms with Crippen molar-refractivity contribution >= 4 is 29.1 Å². The van der Waals surface area contributed by atoms with Crippen molar-refractivity contribution in [3.63, 3.8) is 0 Å². The lowest BCUT2D eigenvalue weighted by Gasteiger charge is -2.34. The van der Waals surface area contributed by atoms with Gasteiger partial charge in [0, 0.05) is 49.7 Å². The molecule has 23 heavy (non-hydrogen) atoms. The second-order valence-electron chi connectivity index (χ2n) is 6.95. The first-order chi connectivity index (χ1) is 10.7. The van der Waals surface area contributed by atoms with Crippen LogP contribution in [0.3, 0.4) is 0 Å². The van der Waals surface area contributed by atoms with Crippen molar-refractivity contribution < 1.29 is 4.79 Å². The molecule has 0 radical (unpaired) electrons. The van der Waals surface area contributed by atoms with E-state index >= 15 is 0 Å². The first-order valence-electron chi connectivity index (χ1n) is 8.21. The van der Waals surface area contributed by atoms with Gasteiger partial charge in [0.25, 0.3) is 0 Å². The molecule has 0 aliphatic carbocycles. The molecular formula is C18H26Cl2N2O. The molecule has 1 aliphatic heterocycles. The van der Waals surface area contributed by atoms with Gasteiger partial charge in [-0.05, 0) is 35.1 Å². The zero-order valence-corrected chi connectivity index (χ0v) is 16.0. The number of benzene rings is 1. The number of hydrogen-bond donors (Lipinski definition) is 0. The van der Waals surface area contributed by atoms with Gasteiger partial charge in [-0.15, -0.1) is 0 Å². The predicted octanol–water partition coefficient (Wildman–Crippen LogP) is 4.35. The van der Waals surface area contributed by atoms with Crippen molar-refractivity contribution in [1.29, 1.82) is 0 Å². The molecule has 1 aromatic rings. The van der Waals surface area contributed by atoms with Crippen molar-refractivity contribution in [2.45, 2.75) is 46.1 Å². The first kappa shape index (κ1) is 18.6. The van der Waals surface area contributed by atoms with Crippen LogP contribution in [0.15, 0.2) is 12.1 Å². The van der Waals surface area contributed by atoms with Gasteiger partial charge >= 0.3 is 0 Å². The summed E-state index contributed by atoms with van der Waals surface area (Å²) in [5.74, 6) is 0.155. The zero-order valence-electron chi connectivity index (χ0n) is 14.5. The van der Waals surface area contributed by atoms with E-state index in [0.717, 1.165) is 60.3 Å². The Labute approximate surface area is 149 Å². The minimum absolute atomic E-state index is 0.0280. The van der Waals surface area contributed by atoms with Crippen LogP contribution in [0.2, 0.25) is 10.0 Å². The van der Waals surface area contributed by atoms with E-state index in [1.807, 2.05) is 17.0 Å². The summed E-state index contributed by atoms with van der Waals surface area (Å²) in [7, 11) is 0. The van der Waals surface area contributed by atoms with Crippen LogP contribution < -0.4 is 0 Å².